The van der Waals surface area contributed by atoms with Gasteiger partial charge in [0, 0.05) is 24.6 Å². The molecule has 1 aromatic carbocycles. The third-order valence-electron chi connectivity index (χ3n) is 4.05. The standard InChI is InChI=1S/C16H16N4O2S/c1-20-11-6-3-2-5-10(11)9-12(20)14(21)17-16-19-18-15(23-16)13-7-4-8-22-13/h2-3,5-6,9,13H,4,7-8H2,1H3,(H,17,19,21)/t13-/m1/s1. The van der Waals surface area contributed by atoms with Gasteiger partial charge in [-0.2, -0.15) is 0 Å². The van der Waals surface area contributed by atoms with Crippen LogP contribution in [-0.2, 0) is 11.8 Å². The Labute approximate surface area is 137 Å². The van der Waals surface area contributed by atoms with Crippen molar-refractivity contribution in [3.05, 3.63) is 41.0 Å². The lowest BCUT2D eigenvalue weighted by Crippen LogP contribution is -2.15. The van der Waals surface area contributed by atoms with E-state index in [9.17, 15) is 4.79 Å². The molecule has 0 bridgehead atoms. The minimum absolute atomic E-state index is 0.0239. The van der Waals surface area contributed by atoms with E-state index in [1.807, 2.05) is 41.9 Å². The van der Waals surface area contributed by atoms with E-state index < -0.39 is 0 Å². The fourth-order valence-electron chi connectivity index (χ4n) is 2.86. The second kappa shape index (κ2) is 5.75. The zero-order valence-electron chi connectivity index (χ0n) is 12.7. The number of anilines is 1. The summed E-state index contributed by atoms with van der Waals surface area (Å²) in [6, 6.07) is 9.79. The van der Waals surface area contributed by atoms with Crippen LogP contribution in [0, 0.1) is 0 Å². The number of nitrogens with one attached hydrogen (secondary N) is 1. The number of hydrogen-bond acceptors (Lipinski definition) is 5. The number of hydrogen-bond donors (Lipinski definition) is 1. The minimum Gasteiger partial charge on any atom is -0.371 e. The van der Waals surface area contributed by atoms with E-state index in [4.69, 9.17) is 4.74 Å². The van der Waals surface area contributed by atoms with Crippen molar-refractivity contribution in [1.29, 1.82) is 0 Å². The van der Waals surface area contributed by atoms with Gasteiger partial charge in [-0.15, -0.1) is 10.2 Å². The molecular weight excluding hydrogens is 312 g/mol. The van der Waals surface area contributed by atoms with Crippen molar-refractivity contribution in [2.75, 3.05) is 11.9 Å². The van der Waals surface area contributed by atoms with Gasteiger partial charge in [-0.1, -0.05) is 29.5 Å². The molecule has 0 radical (unpaired) electrons. The van der Waals surface area contributed by atoms with E-state index in [-0.39, 0.29) is 12.0 Å². The number of rotatable bonds is 3. The number of benzene rings is 1. The van der Waals surface area contributed by atoms with Crippen LogP contribution in [0.25, 0.3) is 10.9 Å². The first kappa shape index (κ1) is 14.3. The van der Waals surface area contributed by atoms with Crippen molar-refractivity contribution in [1.82, 2.24) is 14.8 Å². The summed E-state index contributed by atoms with van der Waals surface area (Å²) in [5, 5.41) is 13.4. The highest BCUT2D eigenvalue weighted by Crippen LogP contribution is 2.32. The Hall–Kier alpha value is -2.25. The summed E-state index contributed by atoms with van der Waals surface area (Å²) in [5.41, 5.74) is 1.62. The molecule has 0 spiro atoms. The average Bonchev–Trinajstić information content (AvgIpc) is 3.27. The average molecular weight is 328 g/mol. The van der Waals surface area contributed by atoms with Crippen LogP contribution in [-0.4, -0.2) is 27.3 Å². The smallest absolute Gasteiger partial charge is 0.274 e. The first-order chi connectivity index (χ1) is 11.2. The number of aryl methyl sites for hydroxylation is 1. The van der Waals surface area contributed by atoms with Gasteiger partial charge in [0.05, 0.1) is 0 Å². The van der Waals surface area contributed by atoms with Crippen molar-refractivity contribution in [3.8, 4) is 0 Å². The molecule has 118 valence electrons. The molecule has 7 heteroatoms. The van der Waals surface area contributed by atoms with Gasteiger partial charge in [-0.3, -0.25) is 10.1 Å². The van der Waals surface area contributed by atoms with Crippen LogP contribution in [0.2, 0.25) is 0 Å². The molecule has 6 nitrogen and oxygen atoms in total. The molecule has 1 aliphatic heterocycles. The van der Waals surface area contributed by atoms with Crippen LogP contribution in [0.1, 0.15) is 34.4 Å². The molecule has 0 aliphatic carbocycles. The summed E-state index contributed by atoms with van der Waals surface area (Å²) in [6.07, 6.45) is 2.03. The molecular formula is C16H16N4O2S. The Morgan fingerprint density at radius 3 is 3.04 bits per heavy atom. The second-order valence-electron chi connectivity index (χ2n) is 5.55. The van der Waals surface area contributed by atoms with E-state index >= 15 is 0 Å². The molecule has 4 rings (SSSR count). The van der Waals surface area contributed by atoms with Gasteiger partial charge in [0.2, 0.25) is 5.13 Å². The zero-order valence-corrected chi connectivity index (χ0v) is 13.5. The Bertz CT molecular complexity index is 864. The van der Waals surface area contributed by atoms with Crippen LogP contribution < -0.4 is 5.32 Å². The molecule has 1 fully saturated rings. The summed E-state index contributed by atoms with van der Waals surface area (Å²) < 4.78 is 7.47. The van der Waals surface area contributed by atoms with Gasteiger partial charge >= 0.3 is 0 Å². The lowest BCUT2D eigenvalue weighted by Gasteiger charge is -2.04. The van der Waals surface area contributed by atoms with Crippen LogP contribution >= 0.6 is 11.3 Å². The lowest BCUT2D eigenvalue weighted by atomic mass is 10.2. The maximum atomic E-state index is 12.5. The number of carbonyl (C=O) groups excluding carboxylic acids is 1. The van der Waals surface area contributed by atoms with Gasteiger partial charge < -0.3 is 9.30 Å². The van der Waals surface area contributed by atoms with Crippen molar-refractivity contribution >= 4 is 33.3 Å². The maximum Gasteiger partial charge on any atom is 0.274 e. The fraction of sp³-hybridized carbons (Fsp3) is 0.312. The summed E-state index contributed by atoms with van der Waals surface area (Å²) in [5.74, 6) is -0.182. The molecule has 3 aromatic rings. The molecule has 2 aromatic heterocycles. The minimum atomic E-state index is -0.182. The lowest BCUT2D eigenvalue weighted by molar-refractivity contribution is 0.101. The van der Waals surface area contributed by atoms with E-state index in [0.29, 0.717) is 10.8 Å². The highest BCUT2D eigenvalue weighted by atomic mass is 32.1. The Kier molecular flexibility index (Phi) is 3.59. The largest absolute Gasteiger partial charge is 0.371 e. The number of carbonyl (C=O) groups is 1. The fourth-order valence-corrected chi connectivity index (χ4v) is 3.68. The highest BCUT2D eigenvalue weighted by molar-refractivity contribution is 7.15. The van der Waals surface area contributed by atoms with Crippen LogP contribution in [0.15, 0.2) is 30.3 Å². The van der Waals surface area contributed by atoms with Crippen molar-refractivity contribution < 1.29 is 9.53 Å². The molecule has 1 atom stereocenters. The molecule has 23 heavy (non-hydrogen) atoms. The first-order valence-corrected chi connectivity index (χ1v) is 8.35. The summed E-state index contributed by atoms with van der Waals surface area (Å²) >= 11 is 1.38. The Morgan fingerprint density at radius 1 is 1.39 bits per heavy atom. The number of nitrogens with zero attached hydrogens (tertiary/aromatic N) is 3. The molecule has 1 aliphatic rings. The third-order valence-corrected chi connectivity index (χ3v) is 4.98. The van der Waals surface area contributed by atoms with Gasteiger partial charge in [-0.05, 0) is 25.0 Å². The zero-order chi connectivity index (χ0) is 15.8. The van der Waals surface area contributed by atoms with Gasteiger partial charge in [-0.25, -0.2) is 0 Å². The summed E-state index contributed by atoms with van der Waals surface area (Å²) in [6.45, 7) is 0.766. The predicted octanol–water partition coefficient (Wildman–Crippen LogP) is 3.13. The second-order valence-corrected chi connectivity index (χ2v) is 6.56. The number of amides is 1. The Morgan fingerprint density at radius 2 is 2.26 bits per heavy atom. The van der Waals surface area contributed by atoms with Gasteiger partial charge in [0.25, 0.3) is 5.91 Å². The molecule has 1 saturated heterocycles. The van der Waals surface area contributed by atoms with E-state index in [0.717, 1.165) is 35.4 Å². The third kappa shape index (κ3) is 2.62. The highest BCUT2D eigenvalue weighted by Gasteiger charge is 2.23. The number of aromatic nitrogens is 3. The normalized spacial score (nSPS) is 17.7. The van der Waals surface area contributed by atoms with Crippen LogP contribution in [0.4, 0.5) is 5.13 Å². The first-order valence-electron chi connectivity index (χ1n) is 7.53. The molecule has 1 amide bonds. The van der Waals surface area contributed by atoms with E-state index in [1.54, 1.807) is 0 Å². The number of fused-ring (bicyclic) bond motifs is 1. The molecule has 3 heterocycles. The number of para-hydroxylation sites is 1. The maximum absolute atomic E-state index is 12.5. The van der Waals surface area contributed by atoms with Crippen LogP contribution in [0.5, 0.6) is 0 Å². The van der Waals surface area contributed by atoms with Crippen LogP contribution in [0.3, 0.4) is 0 Å². The van der Waals surface area contributed by atoms with E-state index in [2.05, 4.69) is 15.5 Å². The molecule has 1 N–H and O–H groups in total. The quantitative estimate of drug-likeness (QED) is 0.802. The summed E-state index contributed by atoms with van der Waals surface area (Å²) in [4.78, 5) is 12.5. The Balaban J connectivity index is 1.56. The van der Waals surface area contributed by atoms with Gasteiger partial charge in [0.15, 0.2) is 0 Å². The number of ether oxygens (including phenoxy) is 1. The van der Waals surface area contributed by atoms with Crippen molar-refractivity contribution in [2.45, 2.75) is 18.9 Å². The monoisotopic (exact) mass is 328 g/mol. The SMILES string of the molecule is Cn1c(C(=O)Nc2nnc([C@H]3CCCO3)s2)cc2ccccc21. The molecule has 0 saturated carbocycles. The molecule has 0 unspecified atom stereocenters. The van der Waals surface area contributed by atoms with Crippen molar-refractivity contribution in [3.63, 3.8) is 0 Å². The van der Waals surface area contributed by atoms with Crippen molar-refractivity contribution in [2.24, 2.45) is 7.05 Å². The predicted molar refractivity (Wildman–Crippen MR) is 88.7 cm³/mol. The topological polar surface area (TPSA) is 69.0 Å². The summed E-state index contributed by atoms with van der Waals surface area (Å²) in [7, 11) is 1.88. The van der Waals surface area contributed by atoms with Gasteiger partial charge in [0.1, 0.15) is 16.8 Å². The van der Waals surface area contributed by atoms with E-state index in [1.165, 1.54) is 11.3 Å².